The van der Waals surface area contributed by atoms with Gasteiger partial charge in [-0.25, -0.2) is 4.79 Å². The topological polar surface area (TPSA) is 106 Å². The van der Waals surface area contributed by atoms with Gasteiger partial charge in [0.15, 0.2) is 6.61 Å². The molecule has 0 aromatic heterocycles. The first-order valence-corrected chi connectivity index (χ1v) is 10.8. The molecule has 0 heterocycles. The number of rotatable bonds is 8. The minimum Gasteiger partial charge on any atom is -0.483 e. The minimum absolute atomic E-state index is 0.112. The molecule has 2 rings (SSSR count). The molecule has 0 aliphatic heterocycles. The molecule has 3 amide bonds. The molecule has 0 bridgehead atoms. The van der Waals surface area contributed by atoms with Gasteiger partial charge in [-0.05, 0) is 69.9 Å². The quantitative estimate of drug-likeness (QED) is 0.562. The van der Waals surface area contributed by atoms with E-state index < -0.39 is 17.6 Å². The third-order valence-corrected chi connectivity index (χ3v) is 4.78. The second kappa shape index (κ2) is 11.4. The smallest absolute Gasteiger partial charge is 0.408 e. The summed E-state index contributed by atoms with van der Waals surface area (Å²) in [6.07, 6.45) is -0.669. The lowest BCUT2D eigenvalue weighted by molar-refractivity contribution is -0.123. The number of hydrogen-bond acceptors (Lipinski definition) is 5. The highest BCUT2D eigenvalue weighted by molar-refractivity contribution is 5.94. The molecule has 0 aliphatic carbocycles. The predicted molar refractivity (Wildman–Crippen MR) is 127 cm³/mol. The van der Waals surface area contributed by atoms with Crippen LogP contribution in [0.1, 0.15) is 43.0 Å². The van der Waals surface area contributed by atoms with Crippen LogP contribution in [0.3, 0.4) is 0 Å². The molecule has 0 atom stereocenters. The molecular formula is C25H33N3O5. The molecular weight excluding hydrogens is 422 g/mol. The highest BCUT2D eigenvalue weighted by Gasteiger charge is 2.17. The van der Waals surface area contributed by atoms with E-state index in [0.29, 0.717) is 5.69 Å². The van der Waals surface area contributed by atoms with Crippen LogP contribution >= 0.6 is 0 Å². The van der Waals surface area contributed by atoms with Gasteiger partial charge >= 0.3 is 6.09 Å². The van der Waals surface area contributed by atoms with Crippen molar-refractivity contribution in [1.82, 2.24) is 10.6 Å². The second-order valence-electron chi connectivity index (χ2n) is 8.78. The predicted octanol–water partition coefficient (Wildman–Crippen LogP) is 3.77. The number of alkyl carbamates (subject to hydrolysis) is 1. The number of ether oxygens (including phenoxy) is 2. The van der Waals surface area contributed by atoms with Crippen LogP contribution in [-0.4, -0.2) is 36.7 Å². The van der Waals surface area contributed by atoms with E-state index in [-0.39, 0.29) is 25.6 Å². The summed E-state index contributed by atoms with van der Waals surface area (Å²) in [6, 6.07) is 11.1. The maximum absolute atomic E-state index is 12.3. The summed E-state index contributed by atoms with van der Waals surface area (Å²) in [6.45, 7) is 11.0. The van der Waals surface area contributed by atoms with E-state index >= 15 is 0 Å². The Balaban J connectivity index is 1.87. The fraction of sp³-hybridized carbons (Fsp3) is 0.400. The van der Waals surface area contributed by atoms with E-state index in [1.807, 2.05) is 39.0 Å². The molecule has 0 radical (unpaired) electrons. The van der Waals surface area contributed by atoms with E-state index in [4.69, 9.17) is 9.47 Å². The highest BCUT2D eigenvalue weighted by atomic mass is 16.6. The Morgan fingerprint density at radius 3 is 2.24 bits per heavy atom. The molecule has 3 N–H and O–H groups in total. The Labute approximate surface area is 195 Å². The summed E-state index contributed by atoms with van der Waals surface area (Å²) in [7, 11) is 0. The first kappa shape index (κ1) is 25.7. The van der Waals surface area contributed by atoms with Gasteiger partial charge in [0, 0.05) is 12.2 Å². The molecule has 8 nitrogen and oxygen atoms in total. The van der Waals surface area contributed by atoms with Crippen molar-refractivity contribution < 1.29 is 23.9 Å². The zero-order valence-electron chi connectivity index (χ0n) is 20.1. The summed E-state index contributed by atoms with van der Waals surface area (Å²) >= 11 is 0. The number of hydrogen-bond donors (Lipinski definition) is 3. The van der Waals surface area contributed by atoms with Crippen molar-refractivity contribution in [3.05, 3.63) is 58.7 Å². The van der Waals surface area contributed by atoms with E-state index in [1.54, 1.807) is 39.0 Å². The van der Waals surface area contributed by atoms with Crippen molar-refractivity contribution in [1.29, 1.82) is 0 Å². The van der Waals surface area contributed by atoms with Gasteiger partial charge in [-0.2, -0.15) is 0 Å². The summed E-state index contributed by atoms with van der Waals surface area (Å²) in [5, 5.41) is 7.96. The number of para-hydroxylation sites is 1. The maximum atomic E-state index is 12.3. The van der Waals surface area contributed by atoms with Crippen LogP contribution in [0.2, 0.25) is 0 Å². The minimum atomic E-state index is -0.669. The number of aryl methyl sites for hydroxylation is 2. The molecule has 8 heteroatoms. The van der Waals surface area contributed by atoms with E-state index in [1.165, 1.54) is 0 Å². The lowest BCUT2D eigenvalue weighted by Crippen LogP contribution is -2.37. The number of anilines is 1. The van der Waals surface area contributed by atoms with Crippen molar-refractivity contribution in [3.63, 3.8) is 0 Å². The third kappa shape index (κ3) is 8.48. The first-order valence-electron chi connectivity index (χ1n) is 10.8. The molecule has 0 aliphatic rings. The van der Waals surface area contributed by atoms with Gasteiger partial charge in [-0.3, -0.25) is 9.59 Å². The Hall–Kier alpha value is -3.55. The van der Waals surface area contributed by atoms with Crippen molar-refractivity contribution in [2.24, 2.45) is 0 Å². The molecule has 0 fully saturated rings. The monoisotopic (exact) mass is 455 g/mol. The van der Waals surface area contributed by atoms with Crippen LogP contribution in [0.5, 0.6) is 5.75 Å². The largest absolute Gasteiger partial charge is 0.483 e. The van der Waals surface area contributed by atoms with Crippen molar-refractivity contribution >= 4 is 23.6 Å². The number of carbonyl (C=O) groups is 3. The van der Waals surface area contributed by atoms with Crippen LogP contribution in [0, 0.1) is 20.8 Å². The van der Waals surface area contributed by atoms with Crippen molar-refractivity contribution in [2.45, 2.75) is 53.7 Å². The first-order chi connectivity index (χ1) is 15.5. The van der Waals surface area contributed by atoms with Crippen LogP contribution in [0.15, 0.2) is 36.4 Å². The van der Waals surface area contributed by atoms with Crippen molar-refractivity contribution in [3.8, 4) is 5.75 Å². The Bertz CT molecular complexity index is 1010. The zero-order valence-corrected chi connectivity index (χ0v) is 20.1. The summed E-state index contributed by atoms with van der Waals surface area (Å²) in [4.78, 5) is 36.3. The molecule has 0 spiro atoms. The lowest BCUT2D eigenvalue weighted by atomic mass is 10.1. The highest BCUT2D eigenvalue weighted by Crippen LogP contribution is 2.25. The maximum Gasteiger partial charge on any atom is 0.408 e. The number of nitrogens with one attached hydrogen (secondary N) is 3. The molecule has 178 valence electrons. The molecule has 0 saturated heterocycles. The van der Waals surface area contributed by atoms with Crippen LogP contribution in [-0.2, 0) is 20.9 Å². The van der Waals surface area contributed by atoms with E-state index in [0.717, 1.165) is 28.0 Å². The van der Waals surface area contributed by atoms with Crippen molar-refractivity contribution in [2.75, 3.05) is 18.5 Å². The fourth-order valence-electron chi connectivity index (χ4n) is 2.99. The Morgan fingerprint density at radius 2 is 1.55 bits per heavy atom. The number of amides is 3. The van der Waals surface area contributed by atoms with Gasteiger partial charge in [0.2, 0.25) is 5.91 Å². The van der Waals surface area contributed by atoms with E-state index in [2.05, 4.69) is 16.0 Å². The Kier molecular flexibility index (Phi) is 8.85. The second-order valence-corrected chi connectivity index (χ2v) is 8.78. The summed E-state index contributed by atoms with van der Waals surface area (Å²) in [5.74, 6) is 0.0340. The average Bonchev–Trinajstić information content (AvgIpc) is 2.73. The standard InChI is InChI=1S/C25H33N3O5/c1-16-11-12-17(2)23(18(16)3)32-15-22(30)26-13-19-9-7-8-10-20(19)28-21(29)14-27-24(31)33-25(4,5)6/h7-12H,13-15H2,1-6H3,(H,26,30)(H,27,31)(H,28,29). The zero-order chi connectivity index (χ0) is 24.6. The Morgan fingerprint density at radius 1 is 0.879 bits per heavy atom. The normalized spacial score (nSPS) is 10.8. The van der Waals surface area contributed by atoms with Gasteiger partial charge < -0.3 is 25.4 Å². The van der Waals surface area contributed by atoms with Crippen LogP contribution in [0.4, 0.5) is 10.5 Å². The van der Waals surface area contributed by atoms with Crippen LogP contribution in [0.25, 0.3) is 0 Å². The summed E-state index contributed by atoms with van der Waals surface area (Å²) in [5.41, 5.74) is 3.70. The molecule has 2 aromatic rings. The van der Waals surface area contributed by atoms with E-state index in [9.17, 15) is 14.4 Å². The fourth-order valence-corrected chi connectivity index (χ4v) is 2.99. The number of benzene rings is 2. The molecule has 33 heavy (non-hydrogen) atoms. The van der Waals surface area contributed by atoms with Gasteiger partial charge in [-0.15, -0.1) is 0 Å². The average molecular weight is 456 g/mol. The molecule has 0 saturated carbocycles. The number of carbonyl (C=O) groups excluding carboxylic acids is 3. The summed E-state index contributed by atoms with van der Waals surface area (Å²) < 4.78 is 10.9. The van der Waals surface area contributed by atoms with Crippen LogP contribution < -0.4 is 20.7 Å². The molecule has 2 aromatic carbocycles. The van der Waals surface area contributed by atoms with Gasteiger partial charge in [0.05, 0.1) is 0 Å². The third-order valence-electron chi connectivity index (χ3n) is 4.78. The molecule has 0 unspecified atom stereocenters. The SMILES string of the molecule is Cc1ccc(C)c(OCC(=O)NCc2ccccc2NC(=O)CNC(=O)OC(C)(C)C)c1C. The van der Waals surface area contributed by atoms with Gasteiger partial charge in [0.25, 0.3) is 5.91 Å². The van der Waals surface area contributed by atoms with Gasteiger partial charge in [0.1, 0.15) is 17.9 Å². The van der Waals surface area contributed by atoms with Gasteiger partial charge in [-0.1, -0.05) is 30.3 Å². The lowest BCUT2D eigenvalue weighted by Gasteiger charge is -2.19.